The van der Waals surface area contributed by atoms with Crippen molar-refractivity contribution in [3.05, 3.63) is 106 Å². The van der Waals surface area contributed by atoms with E-state index in [9.17, 15) is 0 Å². The second-order valence-corrected chi connectivity index (χ2v) is 5.82. The molecule has 27 heavy (non-hydrogen) atoms. The van der Waals surface area contributed by atoms with Crippen LogP contribution in [-0.4, -0.2) is 0 Å². The van der Waals surface area contributed by atoms with Crippen LogP contribution in [-0.2, 0) is 0 Å². The van der Waals surface area contributed by atoms with Gasteiger partial charge in [0, 0.05) is 22.3 Å². The summed E-state index contributed by atoms with van der Waals surface area (Å²) in [5, 5.41) is 0. The minimum atomic E-state index is 0. The Labute approximate surface area is 165 Å². The fraction of sp³-hybridized carbons (Fsp3) is 0.185. The van der Waals surface area contributed by atoms with Gasteiger partial charge >= 0.3 is 0 Å². The molecule has 0 aromatic heterocycles. The van der Waals surface area contributed by atoms with Crippen molar-refractivity contribution in [2.45, 2.75) is 35.1 Å². The number of benzene rings is 3. The molecular weight excluding hydrogens is 324 g/mol. The number of hydrogen-bond acceptors (Lipinski definition) is 0. The molecule has 0 atom stereocenters. The molecule has 0 aliphatic heterocycles. The monoisotopic (exact) mass is 352 g/mol. The van der Waals surface area contributed by atoms with Crippen molar-refractivity contribution in [2.75, 3.05) is 0 Å². The molecule has 0 heterocycles. The van der Waals surface area contributed by atoms with Gasteiger partial charge in [-0.15, -0.1) is 0 Å². The van der Waals surface area contributed by atoms with Crippen LogP contribution in [0.1, 0.15) is 54.7 Å². The van der Waals surface area contributed by atoms with Crippen molar-refractivity contribution in [3.63, 3.8) is 0 Å². The highest BCUT2D eigenvalue weighted by molar-refractivity contribution is 5.48. The predicted molar refractivity (Wildman–Crippen MR) is 119 cm³/mol. The van der Waals surface area contributed by atoms with Crippen molar-refractivity contribution >= 4 is 0 Å². The fourth-order valence-corrected chi connectivity index (χ4v) is 2.37. The molecule has 0 bridgehead atoms. The van der Waals surface area contributed by atoms with E-state index in [2.05, 4.69) is 61.8 Å². The summed E-state index contributed by atoms with van der Waals surface area (Å²) in [5.41, 5.74) is 6.53. The summed E-state index contributed by atoms with van der Waals surface area (Å²) in [4.78, 5) is 0. The molecule has 0 fully saturated rings. The maximum Gasteiger partial charge on any atom is 0.0251 e. The Hall–Kier alpha value is -3.22. The van der Waals surface area contributed by atoms with Crippen molar-refractivity contribution in [1.29, 1.82) is 0 Å². The minimum absolute atomic E-state index is 0. The number of aryl methyl sites for hydroxylation is 2. The molecule has 0 radical (unpaired) electrons. The van der Waals surface area contributed by atoms with E-state index in [4.69, 9.17) is 0 Å². The smallest absolute Gasteiger partial charge is 0.0251 e. The van der Waals surface area contributed by atoms with Crippen LogP contribution in [0, 0.1) is 37.5 Å². The molecule has 0 N–H and O–H groups in total. The average molecular weight is 353 g/mol. The first-order valence-corrected chi connectivity index (χ1v) is 8.96. The molecule has 0 heteroatoms. The normalized spacial score (nSPS) is 8.59. The summed E-state index contributed by atoms with van der Waals surface area (Å²) in [6.07, 6.45) is 0. The zero-order valence-corrected chi connectivity index (χ0v) is 15.9. The highest BCUT2D eigenvalue weighted by atomic mass is 13.9. The second-order valence-electron chi connectivity index (χ2n) is 5.82. The third-order valence-corrected chi connectivity index (χ3v) is 3.62. The van der Waals surface area contributed by atoms with Crippen LogP contribution in [0.25, 0.3) is 0 Å². The lowest BCUT2D eigenvalue weighted by atomic mass is 10.1. The van der Waals surface area contributed by atoms with Gasteiger partial charge in [0.15, 0.2) is 0 Å². The van der Waals surface area contributed by atoms with Crippen molar-refractivity contribution < 1.29 is 0 Å². The highest BCUT2D eigenvalue weighted by Crippen LogP contribution is 2.06. The Balaban J connectivity index is 0.00000118. The van der Waals surface area contributed by atoms with E-state index in [0.717, 1.165) is 22.3 Å². The summed E-state index contributed by atoms with van der Waals surface area (Å²) in [6.45, 7) is 8.15. The van der Waals surface area contributed by atoms with Crippen LogP contribution in [0.5, 0.6) is 0 Å². The molecule has 0 amide bonds. The molecule has 3 aromatic rings. The largest absolute Gasteiger partial charge is 0.0776 e. The Morgan fingerprint density at radius 2 is 0.815 bits per heavy atom. The molecule has 0 nitrogen and oxygen atoms in total. The fourth-order valence-electron chi connectivity index (χ4n) is 2.37. The van der Waals surface area contributed by atoms with Crippen LogP contribution in [0.2, 0.25) is 0 Å². The molecule has 0 saturated carbocycles. The third kappa shape index (κ3) is 7.27. The van der Waals surface area contributed by atoms with Gasteiger partial charge in [-0.1, -0.05) is 69.2 Å². The van der Waals surface area contributed by atoms with Gasteiger partial charge in [-0.05, 0) is 73.5 Å². The van der Waals surface area contributed by atoms with E-state index in [0.29, 0.717) is 0 Å². The Morgan fingerprint density at radius 1 is 0.481 bits per heavy atom. The Morgan fingerprint density at radius 3 is 1.15 bits per heavy atom. The molecule has 136 valence electrons. The van der Waals surface area contributed by atoms with Gasteiger partial charge in [-0.2, -0.15) is 0 Å². The summed E-state index contributed by atoms with van der Waals surface area (Å²) in [7, 11) is 0. The zero-order chi connectivity index (χ0) is 18.8. The van der Waals surface area contributed by atoms with E-state index in [1.54, 1.807) is 0 Å². The lowest BCUT2D eigenvalue weighted by molar-refractivity contribution is 1.45. The van der Waals surface area contributed by atoms with E-state index >= 15 is 0 Å². The van der Waals surface area contributed by atoms with Gasteiger partial charge in [-0.3, -0.25) is 0 Å². The summed E-state index contributed by atoms with van der Waals surface area (Å²) in [5.74, 6) is 12.8. The highest BCUT2D eigenvalue weighted by Gasteiger charge is 1.91. The standard InChI is InChI=1S/C24H18.C2H6.CH4/c1-19-5-3-7-23(17-19)15-13-21-9-11-22(12-10-21)14-16-24-8-4-6-20(2)18-24;1-2;/h3-12,17-18H,1-2H3;1-2H3;1H4. The molecular formula is C27H28. The molecule has 0 aliphatic carbocycles. The molecule has 0 unspecified atom stereocenters. The first-order chi connectivity index (χ1) is 12.7. The SMILES string of the molecule is C.CC.Cc1cccc(C#Cc2ccc(C#Cc3cccc(C)c3)cc2)c1. The van der Waals surface area contributed by atoms with E-state index in [1.807, 2.05) is 62.4 Å². The van der Waals surface area contributed by atoms with Gasteiger partial charge in [0.2, 0.25) is 0 Å². The molecule has 0 saturated heterocycles. The summed E-state index contributed by atoms with van der Waals surface area (Å²) in [6, 6.07) is 24.5. The zero-order valence-electron chi connectivity index (χ0n) is 15.9. The number of rotatable bonds is 0. The van der Waals surface area contributed by atoms with Crippen molar-refractivity contribution in [3.8, 4) is 23.7 Å². The Kier molecular flexibility index (Phi) is 9.22. The lowest BCUT2D eigenvalue weighted by Crippen LogP contribution is -1.80. The quantitative estimate of drug-likeness (QED) is 0.392. The lowest BCUT2D eigenvalue weighted by Gasteiger charge is -1.94. The maximum atomic E-state index is 3.20. The summed E-state index contributed by atoms with van der Waals surface area (Å²) >= 11 is 0. The van der Waals surface area contributed by atoms with Crippen molar-refractivity contribution in [2.24, 2.45) is 0 Å². The number of hydrogen-bond donors (Lipinski definition) is 0. The minimum Gasteiger partial charge on any atom is -0.0776 e. The van der Waals surface area contributed by atoms with Gasteiger partial charge < -0.3 is 0 Å². The summed E-state index contributed by atoms with van der Waals surface area (Å²) < 4.78 is 0. The predicted octanol–water partition coefficient (Wildman–Crippen LogP) is 6.77. The van der Waals surface area contributed by atoms with Crippen molar-refractivity contribution in [1.82, 2.24) is 0 Å². The topological polar surface area (TPSA) is 0 Å². The van der Waals surface area contributed by atoms with E-state index in [1.165, 1.54) is 11.1 Å². The first-order valence-electron chi connectivity index (χ1n) is 8.96. The molecule has 3 aromatic carbocycles. The van der Waals surface area contributed by atoms with Gasteiger partial charge in [0.25, 0.3) is 0 Å². The van der Waals surface area contributed by atoms with Crippen LogP contribution < -0.4 is 0 Å². The maximum absolute atomic E-state index is 3.20. The Bertz CT molecular complexity index is 886. The van der Waals surface area contributed by atoms with Gasteiger partial charge in [-0.25, -0.2) is 0 Å². The molecule has 0 spiro atoms. The van der Waals surface area contributed by atoms with E-state index in [-0.39, 0.29) is 7.43 Å². The average Bonchev–Trinajstić information content (AvgIpc) is 2.67. The second kappa shape index (κ2) is 11.4. The van der Waals surface area contributed by atoms with Crippen LogP contribution in [0.3, 0.4) is 0 Å². The first kappa shape index (κ1) is 21.8. The van der Waals surface area contributed by atoms with Gasteiger partial charge in [0.1, 0.15) is 0 Å². The molecule has 0 aliphatic rings. The third-order valence-electron chi connectivity index (χ3n) is 3.62. The van der Waals surface area contributed by atoms with Crippen LogP contribution in [0.15, 0.2) is 72.8 Å². The molecule has 3 rings (SSSR count). The van der Waals surface area contributed by atoms with Crippen LogP contribution >= 0.6 is 0 Å². The van der Waals surface area contributed by atoms with E-state index < -0.39 is 0 Å². The van der Waals surface area contributed by atoms with Gasteiger partial charge in [0.05, 0.1) is 0 Å². The van der Waals surface area contributed by atoms with Crippen LogP contribution in [0.4, 0.5) is 0 Å².